The normalized spacial score (nSPS) is 20.7. The number of rotatable bonds is 3. The highest BCUT2D eigenvalue weighted by molar-refractivity contribution is 7.89. The molecule has 1 aromatic heterocycles. The largest absolute Gasteiger partial charge is 0.360 e. The van der Waals surface area contributed by atoms with Crippen LogP contribution in [-0.4, -0.2) is 42.9 Å². The first-order valence-corrected chi connectivity index (χ1v) is 10.7. The minimum absolute atomic E-state index is 0.0845. The Morgan fingerprint density at radius 1 is 1.19 bits per heavy atom. The summed E-state index contributed by atoms with van der Waals surface area (Å²) in [6.45, 7) is 4.14. The monoisotopic (exact) mass is 389 g/mol. The molecule has 0 radical (unpaired) electrons. The van der Waals surface area contributed by atoms with Crippen LogP contribution in [-0.2, 0) is 21.2 Å². The number of aromatic nitrogens is 1. The molecule has 27 heavy (non-hydrogen) atoms. The summed E-state index contributed by atoms with van der Waals surface area (Å²) in [5.41, 5.74) is 2.36. The molecule has 3 heterocycles. The summed E-state index contributed by atoms with van der Waals surface area (Å²) in [6, 6.07) is 7.17. The predicted octanol–water partition coefficient (Wildman–Crippen LogP) is 2.42. The average Bonchev–Trinajstić information content (AvgIpc) is 3.28. The Labute approximate surface area is 159 Å². The lowest BCUT2D eigenvalue weighted by Gasteiger charge is -2.33. The lowest BCUT2D eigenvalue weighted by atomic mass is 10.0. The molecule has 0 bridgehead atoms. The Bertz CT molecular complexity index is 963. The standard InChI is InChI=1S/C19H23N3O4S/c1-13-18(14(2)26-20-13)27(24,25)22-12-6-10-17(22)19(23)21-11-5-8-15-7-3-4-9-16(15)21/h3-4,7,9,17H,5-6,8,10-12H2,1-2H3. The number of carbonyl (C=O) groups is 1. The van der Waals surface area contributed by atoms with Crippen LogP contribution in [0.3, 0.4) is 0 Å². The molecule has 1 saturated heterocycles. The van der Waals surface area contributed by atoms with Gasteiger partial charge in [-0.25, -0.2) is 8.42 Å². The van der Waals surface area contributed by atoms with Gasteiger partial charge in [-0.15, -0.1) is 0 Å². The van der Waals surface area contributed by atoms with Crippen LogP contribution in [0.5, 0.6) is 0 Å². The fourth-order valence-electron chi connectivity index (χ4n) is 4.18. The predicted molar refractivity (Wildman–Crippen MR) is 100 cm³/mol. The highest BCUT2D eigenvalue weighted by atomic mass is 32.2. The van der Waals surface area contributed by atoms with E-state index in [0.717, 1.165) is 24.1 Å². The first kappa shape index (κ1) is 18.2. The molecule has 2 aliphatic rings. The van der Waals surface area contributed by atoms with Gasteiger partial charge in [0, 0.05) is 18.8 Å². The first-order valence-electron chi connectivity index (χ1n) is 9.25. The summed E-state index contributed by atoms with van der Waals surface area (Å²) in [5.74, 6) is 0.115. The van der Waals surface area contributed by atoms with Crippen molar-refractivity contribution in [2.24, 2.45) is 0 Å². The molecule has 0 aliphatic carbocycles. The molecule has 1 aromatic carbocycles. The molecule has 1 fully saturated rings. The second kappa shape index (κ2) is 6.76. The average molecular weight is 389 g/mol. The van der Waals surface area contributed by atoms with E-state index in [4.69, 9.17) is 4.52 Å². The molecule has 2 aromatic rings. The Balaban J connectivity index is 1.67. The number of amides is 1. The van der Waals surface area contributed by atoms with Gasteiger partial charge in [0.05, 0.1) is 0 Å². The number of carbonyl (C=O) groups excluding carboxylic acids is 1. The molecule has 0 saturated carbocycles. The van der Waals surface area contributed by atoms with Crippen LogP contribution in [0.1, 0.15) is 36.3 Å². The van der Waals surface area contributed by atoms with Gasteiger partial charge in [-0.05, 0) is 51.2 Å². The van der Waals surface area contributed by atoms with Gasteiger partial charge in [0.15, 0.2) is 5.76 Å². The summed E-state index contributed by atoms with van der Waals surface area (Å²) < 4.78 is 32.9. The number of benzene rings is 1. The molecule has 0 N–H and O–H groups in total. The Hall–Kier alpha value is -2.19. The minimum Gasteiger partial charge on any atom is -0.360 e. The van der Waals surface area contributed by atoms with E-state index in [9.17, 15) is 13.2 Å². The van der Waals surface area contributed by atoms with Crippen LogP contribution >= 0.6 is 0 Å². The van der Waals surface area contributed by atoms with Crippen molar-refractivity contribution in [3.63, 3.8) is 0 Å². The molecule has 0 spiro atoms. The molecule has 1 unspecified atom stereocenters. The lowest BCUT2D eigenvalue weighted by Crippen LogP contribution is -2.49. The molecule has 2 aliphatic heterocycles. The van der Waals surface area contributed by atoms with Gasteiger partial charge < -0.3 is 9.42 Å². The third-order valence-corrected chi connectivity index (χ3v) is 7.55. The maximum absolute atomic E-state index is 13.3. The summed E-state index contributed by atoms with van der Waals surface area (Å²) in [4.78, 5) is 15.2. The van der Waals surface area contributed by atoms with E-state index in [2.05, 4.69) is 5.16 Å². The SMILES string of the molecule is Cc1noc(C)c1S(=O)(=O)N1CCCC1C(=O)N1CCCc2ccccc21. The van der Waals surface area contributed by atoms with Crippen LogP contribution in [0, 0.1) is 13.8 Å². The van der Waals surface area contributed by atoms with Crippen molar-refractivity contribution in [2.45, 2.75) is 50.5 Å². The van der Waals surface area contributed by atoms with E-state index in [1.807, 2.05) is 24.3 Å². The fourth-order valence-corrected chi connectivity index (χ4v) is 6.12. The van der Waals surface area contributed by atoms with Gasteiger partial charge in [-0.2, -0.15) is 4.31 Å². The van der Waals surface area contributed by atoms with Crippen molar-refractivity contribution in [2.75, 3.05) is 18.0 Å². The van der Waals surface area contributed by atoms with Crippen LogP contribution in [0.4, 0.5) is 5.69 Å². The van der Waals surface area contributed by atoms with Gasteiger partial charge in [-0.3, -0.25) is 4.79 Å². The van der Waals surface area contributed by atoms with Gasteiger partial charge in [-0.1, -0.05) is 23.4 Å². The molecule has 144 valence electrons. The first-order chi connectivity index (χ1) is 12.9. The number of anilines is 1. The number of sulfonamides is 1. The number of para-hydroxylation sites is 1. The maximum Gasteiger partial charge on any atom is 0.249 e. The fraction of sp³-hybridized carbons (Fsp3) is 0.474. The van der Waals surface area contributed by atoms with Gasteiger partial charge >= 0.3 is 0 Å². The number of hydrogen-bond acceptors (Lipinski definition) is 5. The highest BCUT2D eigenvalue weighted by Crippen LogP contribution is 2.33. The molecule has 4 rings (SSSR count). The van der Waals surface area contributed by atoms with Crippen molar-refractivity contribution >= 4 is 21.6 Å². The van der Waals surface area contributed by atoms with E-state index in [1.54, 1.807) is 18.7 Å². The van der Waals surface area contributed by atoms with Crippen LogP contribution < -0.4 is 4.90 Å². The van der Waals surface area contributed by atoms with E-state index >= 15 is 0 Å². The summed E-state index contributed by atoms with van der Waals surface area (Å²) in [5, 5.41) is 3.77. The molecule has 1 atom stereocenters. The van der Waals surface area contributed by atoms with E-state index < -0.39 is 16.1 Å². The lowest BCUT2D eigenvalue weighted by molar-refractivity contribution is -0.121. The quantitative estimate of drug-likeness (QED) is 0.805. The van der Waals surface area contributed by atoms with Gasteiger partial charge in [0.25, 0.3) is 0 Å². The number of aryl methyl sites for hydroxylation is 3. The van der Waals surface area contributed by atoms with E-state index in [1.165, 1.54) is 4.31 Å². The van der Waals surface area contributed by atoms with Crippen LogP contribution in [0.15, 0.2) is 33.7 Å². The van der Waals surface area contributed by atoms with Crippen LogP contribution in [0.25, 0.3) is 0 Å². The molecule has 7 nitrogen and oxygen atoms in total. The zero-order valence-electron chi connectivity index (χ0n) is 15.5. The maximum atomic E-state index is 13.3. The molecule has 1 amide bonds. The Kier molecular flexibility index (Phi) is 4.55. The Morgan fingerprint density at radius 3 is 2.70 bits per heavy atom. The number of fused-ring (bicyclic) bond motifs is 1. The van der Waals surface area contributed by atoms with E-state index in [-0.39, 0.29) is 16.6 Å². The van der Waals surface area contributed by atoms with Crippen molar-refractivity contribution in [1.82, 2.24) is 9.46 Å². The smallest absolute Gasteiger partial charge is 0.249 e. The van der Waals surface area contributed by atoms with Gasteiger partial charge in [0.2, 0.25) is 15.9 Å². The number of hydrogen-bond donors (Lipinski definition) is 0. The number of nitrogens with zero attached hydrogens (tertiary/aromatic N) is 3. The summed E-state index contributed by atoms with van der Waals surface area (Å²) in [6.07, 6.45) is 3.01. The van der Waals surface area contributed by atoms with Crippen molar-refractivity contribution in [3.8, 4) is 0 Å². The second-order valence-electron chi connectivity index (χ2n) is 7.15. The second-order valence-corrected chi connectivity index (χ2v) is 8.98. The molecular weight excluding hydrogens is 366 g/mol. The third-order valence-electron chi connectivity index (χ3n) is 5.40. The van der Waals surface area contributed by atoms with E-state index in [0.29, 0.717) is 31.6 Å². The van der Waals surface area contributed by atoms with Crippen molar-refractivity contribution in [3.05, 3.63) is 41.3 Å². The zero-order chi connectivity index (χ0) is 19.2. The molecule has 8 heteroatoms. The van der Waals surface area contributed by atoms with Gasteiger partial charge in [0.1, 0.15) is 16.6 Å². The van der Waals surface area contributed by atoms with Crippen LogP contribution in [0.2, 0.25) is 0 Å². The summed E-state index contributed by atoms with van der Waals surface area (Å²) in [7, 11) is -3.84. The zero-order valence-corrected chi connectivity index (χ0v) is 16.3. The van der Waals surface area contributed by atoms with Crippen molar-refractivity contribution < 1.29 is 17.7 Å². The Morgan fingerprint density at radius 2 is 1.96 bits per heavy atom. The third kappa shape index (κ3) is 2.96. The highest BCUT2D eigenvalue weighted by Gasteiger charge is 2.43. The van der Waals surface area contributed by atoms with Crippen molar-refractivity contribution in [1.29, 1.82) is 0 Å². The molecular formula is C19H23N3O4S. The topological polar surface area (TPSA) is 83.7 Å². The summed E-state index contributed by atoms with van der Waals surface area (Å²) >= 11 is 0. The minimum atomic E-state index is -3.84.